The fourth-order valence-corrected chi connectivity index (χ4v) is 2.41. The van der Waals surface area contributed by atoms with E-state index in [1.165, 1.54) is 0 Å². The van der Waals surface area contributed by atoms with Crippen molar-refractivity contribution in [2.75, 3.05) is 11.9 Å². The molecule has 0 saturated heterocycles. The molecule has 2 N–H and O–H groups in total. The van der Waals surface area contributed by atoms with Crippen LogP contribution >= 0.6 is 0 Å². The average molecular weight is 310 g/mol. The van der Waals surface area contributed by atoms with Crippen molar-refractivity contribution in [3.8, 4) is 5.75 Å². The van der Waals surface area contributed by atoms with E-state index >= 15 is 0 Å². The second-order valence-corrected chi connectivity index (χ2v) is 5.65. The standard InChI is InChI=1S/C18H18N2O3/c1-11-3-5-14(7-12(11)2)18(22)19-9-13-4-6-16-15(8-13)20-17(21)10-23-16/h3-8H,9-10H2,1-2H3,(H,19,22)(H,20,21). The Morgan fingerprint density at radius 1 is 1.17 bits per heavy atom. The predicted octanol–water partition coefficient (Wildman–Crippen LogP) is 2.56. The Morgan fingerprint density at radius 3 is 2.78 bits per heavy atom. The first-order valence-corrected chi connectivity index (χ1v) is 7.44. The van der Waals surface area contributed by atoms with Gasteiger partial charge in [-0.2, -0.15) is 0 Å². The van der Waals surface area contributed by atoms with Crippen LogP contribution in [0.4, 0.5) is 5.69 Å². The van der Waals surface area contributed by atoms with Gasteiger partial charge in [-0.1, -0.05) is 12.1 Å². The van der Waals surface area contributed by atoms with Gasteiger partial charge in [0.05, 0.1) is 5.69 Å². The van der Waals surface area contributed by atoms with Crippen molar-refractivity contribution in [3.05, 3.63) is 58.7 Å². The normalized spacial score (nSPS) is 12.9. The zero-order chi connectivity index (χ0) is 16.4. The Hall–Kier alpha value is -2.82. The SMILES string of the molecule is Cc1ccc(C(=O)NCc2ccc3c(c2)NC(=O)CO3)cc1C. The van der Waals surface area contributed by atoms with E-state index in [-0.39, 0.29) is 18.4 Å². The minimum Gasteiger partial charge on any atom is -0.482 e. The van der Waals surface area contributed by atoms with Gasteiger partial charge >= 0.3 is 0 Å². The molecule has 0 bridgehead atoms. The van der Waals surface area contributed by atoms with Gasteiger partial charge < -0.3 is 15.4 Å². The summed E-state index contributed by atoms with van der Waals surface area (Å²) in [7, 11) is 0. The van der Waals surface area contributed by atoms with Gasteiger partial charge in [0.1, 0.15) is 5.75 Å². The molecule has 2 aromatic rings. The third-order valence-corrected chi connectivity index (χ3v) is 3.90. The molecule has 0 unspecified atom stereocenters. The molecule has 118 valence electrons. The van der Waals surface area contributed by atoms with Crippen molar-refractivity contribution in [1.29, 1.82) is 0 Å². The number of benzene rings is 2. The summed E-state index contributed by atoms with van der Waals surface area (Å²) in [5, 5.41) is 5.64. The van der Waals surface area contributed by atoms with E-state index < -0.39 is 0 Å². The lowest BCUT2D eigenvalue weighted by Gasteiger charge is -2.18. The summed E-state index contributed by atoms with van der Waals surface area (Å²) in [6, 6.07) is 11.1. The van der Waals surface area contributed by atoms with Crippen molar-refractivity contribution in [2.45, 2.75) is 20.4 Å². The van der Waals surface area contributed by atoms with Crippen LogP contribution in [0.3, 0.4) is 0 Å². The molecule has 1 aliphatic rings. The van der Waals surface area contributed by atoms with E-state index in [9.17, 15) is 9.59 Å². The van der Waals surface area contributed by atoms with Crippen LogP contribution in [0.15, 0.2) is 36.4 Å². The Labute approximate surface area is 134 Å². The first-order chi connectivity index (χ1) is 11.0. The second kappa shape index (κ2) is 6.12. The second-order valence-electron chi connectivity index (χ2n) is 5.65. The molecule has 5 heteroatoms. The molecule has 0 spiro atoms. The summed E-state index contributed by atoms with van der Waals surface area (Å²) in [5.74, 6) is 0.355. The van der Waals surface area contributed by atoms with Crippen LogP contribution in [0.1, 0.15) is 27.0 Å². The van der Waals surface area contributed by atoms with Gasteiger partial charge in [-0.05, 0) is 54.8 Å². The number of carbonyl (C=O) groups is 2. The summed E-state index contributed by atoms with van der Waals surface area (Å²) >= 11 is 0. The van der Waals surface area contributed by atoms with Crippen molar-refractivity contribution in [3.63, 3.8) is 0 Å². The van der Waals surface area contributed by atoms with E-state index in [4.69, 9.17) is 4.74 Å². The quantitative estimate of drug-likeness (QED) is 0.915. The van der Waals surface area contributed by atoms with Crippen molar-refractivity contribution in [2.24, 2.45) is 0 Å². The van der Waals surface area contributed by atoms with Gasteiger partial charge in [0.15, 0.2) is 6.61 Å². The Balaban J connectivity index is 1.68. The van der Waals surface area contributed by atoms with E-state index in [2.05, 4.69) is 10.6 Å². The molecule has 2 aromatic carbocycles. The molecule has 1 aliphatic heterocycles. The first kappa shape index (κ1) is 15.1. The van der Waals surface area contributed by atoms with Crippen LogP contribution in [0.5, 0.6) is 5.75 Å². The zero-order valence-electron chi connectivity index (χ0n) is 13.1. The van der Waals surface area contributed by atoms with E-state index in [1.807, 2.05) is 44.2 Å². The summed E-state index contributed by atoms with van der Waals surface area (Å²) in [4.78, 5) is 23.6. The van der Waals surface area contributed by atoms with Crippen molar-refractivity contribution in [1.82, 2.24) is 5.32 Å². The molecular formula is C18H18N2O3. The third kappa shape index (κ3) is 3.34. The maximum atomic E-state index is 12.2. The molecule has 2 amide bonds. The van der Waals surface area contributed by atoms with Gasteiger partial charge in [0, 0.05) is 12.1 Å². The highest BCUT2D eigenvalue weighted by molar-refractivity contribution is 5.96. The average Bonchev–Trinajstić information content (AvgIpc) is 2.54. The summed E-state index contributed by atoms with van der Waals surface area (Å²) in [6.45, 7) is 4.42. The first-order valence-electron chi connectivity index (χ1n) is 7.44. The zero-order valence-corrected chi connectivity index (χ0v) is 13.1. The van der Waals surface area contributed by atoms with Gasteiger partial charge in [-0.25, -0.2) is 0 Å². The molecule has 0 radical (unpaired) electrons. The number of hydrogen-bond acceptors (Lipinski definition) is 3. The molecule has 0 aliphatic carbocycles. The molecule has 0 aromatic heterocycles. The number of carbonyl (C=O) groups excluding carboxylic acids is 2. The fourth-order valence-electron chi connectivity index (χ4n) is 2.41. The van der Waals surface area contributed by atoms with Crippen LogP contribution < -0.4 is 15.4 Å². The van der Waals surface area contributed by atoms with Crippen molar-refractivity contribution < 1.29 is 14.3 Å². The molecule has 23 heavy (non-hydrogen) atoms. The smallest absolute Gasteiger partial charge is 0.262 e. The molecule has 0 fully saturated rings. The Kier molecular flexibility index (Phi) is 4.02. The van der Waals surface area contributed by atoms with Crippen molar-refractivity contribution >= 4 is 17.5 Å². The molecule has 0 saturated carbocycles. The van der Waals surface area contributed by atoms with Gasteiger partial charge in [0.25, 0.3) is 11.8 Å². The monoisotopic (exact) mass is 310 g/mol. The topological polar surface area (TPSA) is 67.4 Å². The number of fused-ring (bicyclic) bond motifs is 1. The molecule has 1 heterocycles. The maximum Gasteiger partial charge on any atom is 0.262 e. The number of ether oxygens (including phenoxy) is 1. The van der Waals surface area contributed by atoms with Crippen LogP contribution in [0.2, 0.25) is 0 Å². The minimum absolute atomic E-state index is 0.0376. The number of rotatable bonds is 3. The number of anilines is 1. The van der Waals surface area contributed by atoms with E-state index in [0.717, 1.165) is 16.7 Å². The third-order valence-electron chi connectivity index (χ3n) is 3.90. The molecular weight excluding hydrogens is 292 g/mol. The lowest BCUT2D eigenvalue weighted by atomic mass is 10.1. The number of amides is 2. The molecule has 3 rings (SSSR count). The lowest BCUT2D eigenvalue weighted by Crippen LogP contribution is -2.26. The van der Waals surface area contributed by atoms with Crippen LogP contribution in [0.25, 0.3) is 0 Å². The number of aryl methyl sites for hydroxylation is 2. The summed E-state index contributed by atoms with van der Waals surface area (Å²) in [5.41, 5.74) is 4.42. The van der Waals surface area contributed by atoms with Gasteiger partial charge in [0.2, 0.25) is 0 Å². The summed E-state index contributed by atoms with van der Waals surface area (Å²) in [6.07, 6.45) is 0. The van der Waals surface area contributed by atoms with E-state index in [0.29, 0.717) is 23.5 Å². The highest BCUT2D eigenvalue weighted by Gasteiger charge is 2.16. The van der Waals surface area contributed by atoms with Gasteiger partial charge in [-0.3, -0.25) is 9.59 Å². The molecule has 5 nitrogen and oxygen atoms in total. The largest absolute Gasteiger partial charge is 0.482 e. The Morgan fingerprint density at radius 2 is 2.00 bits per heavy atom. The lowest BCUT2D eigenvalue weighted by molar-refractivity contribution is -0.118. The summed E-state index contributed by atoms with van der Waals surface area (Å²) < 4.78 is 5.31. The van der Waals surface area contributed by atoms with Crippen LogP contribution in [-0.2, 0) is 11.3 Å². The highest BCUT2D eigenvalue weighted by atomic mass is 16.5. The highest BCUT2D eigenvalue weighted by Crippen LogP contribution is 2.28. The maximum absolute atomic E-state index is 12.2. The number of nitrogens with one attached hydrogen (secondary N) is 2. The van der Waals surface area contributed by atoms with Crippen LogP contribution in [0, 0.1) is 13.8 Å². The number of hydrogen-bond donors (Lipinski definition) is 2. The van der Waals surface area contributed by atoms with Crippen LogP contribution in [-0.4, -0.2) is 18.4 Å². The molecule has 0 atom stereocenters. The Bertz CT molecular complexity index is 784. The van der Waals surface area contributed by atoms with Gasteiger partial charge in [-0.15, -0.1) is 0 Å². The van der Waals surface area contributed by atoms with E-state index in [1.54, 1.807) is 6.07 Å². The fraction of sp³-hybridized carbons (Fsp3) is 0.222. The predicted molar refractivity (Wildman–Crippen MR) is 87.7 cm³/mol. The minimum atomic E-state index is -0.172.